The molecule has 0 radical (unpaired) electrons. The van der Waals surface area contributed by atoms with Crippen LogP contribution < -0.4 is 0 Å². The van der Waals surface area contributed by atoms with Crippen molar-refractivity contribution >= 4 is 0 Å². The summed E-state index contributed by atoms with van der Waals surface area (Å²) in [5.41, 5.74) is 1.36. The molecule has 2 heterocycles. The number of hydrogen-bond donors (Lipinski definition) is 1. The summed E-state index contributed by atoms with van der Waals surface area (Å²) in [6, 6.07) is 4.17. The minimum absolute atomic E-state index is 0.336. The Hall–Kier alpha value is -0.930. The van der Waals surface area contributed by atoms with Gasteiger partial charge >= 0.3 is 0 Å². The highest BCUT2D eigenvalue weighted by Gasteiger charge is 2.21. The third-order valence-corrected chi connectivity index (χ3v) is 3.37. The third kappa shape index (κ3) is 3.29. The van der Waals surface area contributed by atoms with E-state index in [0.29, 0.717) is 12.5 Å². The minimum atomic E-state index is 0.336. The Morgan fingerprint density at radius 2 is 2.19 bits per heavy atom. The average molecular weight is 220 g/mol. The standard InChI is InChI=1S/C13H20N2O/c16-10-5-13-4-9-15(11-13)8-3-12-1-6-14-7-2-12/h1-2,6-7,13,16H,3-5,8-11H2. The van der Waals surface area contributed by atoms with Crippen LogP contribution in [0.5, 0.6) is 0 Å². The van der Waals surface area contributed by atoms with E-state index < -0.39 is 0 Å². The first-order chi connectivity index (χ1) is 7.88. The van der Waals surface area contributed by atoms with Crippen molar-refractivity contribution in [2.75, 3.05) is 26.2 Å². The summed E-state index contributed by atoms with van der Waals surface area (Å²) >= 11 is 0. The van der Waals surface area contributed by atoms with Crippen LogP contribution >= 0.6 is 0 Å². The maximum atomic E-state index is 8.90. The van der Waals surface area contributed by atoms with Crippen LogP contribution in [0, 0.1) is 5.92 Å². The molecule has 1 N–H and O–H groups in total. The Labute approximate surface area is 97.1 Å². The molecule has 0 aromatic carbocycles. The van der Waals surface area contributed by atoms with Crippen LogP contribution in [0.3, 0.4) is 0 Å². The van der Waals surface area contributed by atoms with Crippen molar-refractivity contribution in [2.45, 2.75) is 19.3 Å². The zero-order valence-electron chi connectivity index (χ0n) is 9.68. The minimum Gasteiger partial charge on any atom is -0.396 e. The molecule has 3 nitrogen and oxygen atoms in total. The largest absolute Gasteiger partial charge is 0.396 e. The van der Waals surface area contributed by atoms with Crippen LogP contribution in [0.25, 0.3) is 0 Å². The van der Waals surface area contributed by atoms with Crippen molar-refractivity contribution in [3.63, 3.8) is 0 Å². The van der Waals surface area contributed by atoms with Gasteiger partial charge in [0, 0.05) is 32.1 Å². The molecule has 0 saturated carbocycles. The molecule has 1 fully saturated rings. The maximum Gasteiger partial charge on any atom is 0.0434 e. The summed E-state index contributed by atoms with van der Waals surface area (Å²) in [4.78, 5) is 6.52. The van der Waals surface area contributed by atoms with Crippen LogP contribution in [0.2, 0.25) is 0 Å². The number of rotatable bonds is 5. The van der Waals surface area contributed by atoms with Crippen molar-refractivity contribution in [3.05, 3.63) is 30.1 Å². The Morgan fingerprint density at radius 3 is 2.94 bits per heavy atom. The van der Waals surface area contributed by atoms with E-state index in [1.807, 2.05) is 12.4 Å². The van der Waals surface area contributed by atoms with Crippen LogP contribution in [0.4, 0.5) is 0 Å². The van der Waals surface area contributed by atoms with Gasteiger partial charge in [0.2, 0.25) is 0 Å². The van der Waals surface area contributed by atoms with Gasteiger partial charge < -0.3 is 10.0 Å². The highest BCUT2D eigenvalue weighted by molar-refractivity contribution is 5.09. The van der Waals surface area contributed by atoms with Gasteiger partial charge in [0.15, 0.2) is 0 Å². The lowest BCUT2D eigenvalue weighted by Gasteiger charge is -2.15. The molecule has 1 aromatic rings. The van der Waals surface area contributed by atoms with Gasteiger partial charge in [-0.25, -0.2) is 0 Å². The van der Waals surface area contributed by atoms with Gasteiger partial charge in [-0.3, -0.25) is 4.98 Å². The van der Waals surface area contributed by atoms with E-state index in [9.17, 15) is 0 Å². The Morgan fingerprint density at radius 1 is 1.38 bits per heavy atom. The zero-order chi connectivity index (χ0) is 11.2. The smallest absolute Gasteiger partial charge is 0.0434 e. The zero-order valence-corrected chi connectivity index (χ0v) is 9.68. The van der Waals surface area contributed by atoms with E-state index in [4.69, 9.17) is 5.11 Å². The van der Waals surface area contributed by atoms with E-state index >= 15 is 0 Å². The van der Waals surface area contributed by atoms with Gasteiger partial charge in [0.05, 0.1) is 0 Å². The number of aliphatic hydroxyl groups is 1. The number of aliphatic hydroxyl groups excluding tert-OH is 1. The first kappa shape index (κ1) is 11.6. The molecule has 1 atom stereocenters. The molecule has 0 amide bonds. The lowest BCUT2D eigenvalue weighted by Crippen LogP contribution is -2.23. The number of aromatic nitrogens is 1. The van der Waals surface area contributed by atoms with Gasteiger partial charge in [-0.1, -0.05) is 0 Å². The first-order valence-electron chi connectivity index (χ1n) is 6.10. The SMILES string of the molecule is OCCC1CCN(CCc2ccncc2)C1. The van der Waals surface area contributed by atoms with Crippen molar-refractivity contribution in [1.82, 2.24) is 9.88 Å². The fourth-order valence-corrected chi connectivity index (χ4v) is 2.37. The summed E-state index contributed by atoms with van der Waals surface area (Å²) in [5.74, 6) is 0.711. The Kier molecular flexibility index (Phi) is 4.31. The molecule has 0 bridgehead atoms. The number of nitrogens with zero attached hydrogens (tertiary/aromatic N) is 2. The fraction of sp³-hybridized carbons (Fsp3) is 0.615. The quantitative estimate of drug-likeness (QED) is 0.813. The van der Waals surface area contributed by atoms with E-state index in [1.165, 1.54) is 18.5 Å². The lowest BCUT2D eigenvalue weighted by molar-refractivity contribution is 0.251. The van der Waals surface area contributed by atoms with Crippen molar-refractivity contribution in [1.29, 1.82) is 0 Å². The molecule has 88 valence electrons. The number of likely N-dealkylation sites (tertiary alicyclic amines) is 1. The maximum absolute atomic E-state index is 8.90. The normalized spacial score (nSPS) is 21.4. The van der Waals surface area contributed by atoms with E-state index in [1.54, 1.807) is 0 Å². The van der Waals surface area contributed by atoms with E-state index in [-0.39, 0.29) is 0 Å². The number of pyridine rings is 1. The van der Waals surface area contributed by atoms with Crippen LogP contribution in [-0.4, -0.2) is 41.2 Å². The lowest BCUT2D eigenvalue weighted by atomic mass is 10.1. The Bertz CT molecular complexity index is 302. The highest BCUT2D eigenvalue weighted by atomic mass is 16.3. The molecule has 1 saturated heterocycles. The van der Waals surface area contributed by atoms with Gasteiger partial charge in [0.1, 0.15) is 0 Å². The molecule has 0 aliphatic carbocycles. The molecule has 1 aliphatic rings. The van der Waals surface area contributed by atoms with Crippen LogP contribution in [0.15, 0.2) is 24.5 Å². The van der Waals surface area contributed by atoms with E-state index in [0.717, 1.165) is 25.9 Å². The predicted molar refractivity (Wildman–Crippen MR) is 64.2 cm³/mol. The molecule has 1 aromatic heterocycles. The van der Waals surface area contributed by atoms with Crippen LogP contribution in [0.1, 0.15) is 18.4 Å². The van der Waals surface area contributed by atoms with E-state index in [2.05, 4.69) is 22.0 Å². The summed E-state index contributed by atoms with van der Waals surface area (Å²) in [7, 11) is 0. The highest BCUT2D eigenvalue weighted by Crippen LogP contribution is 2.19. The first-order valence-corrected chi connectivity index (χ1v) is 6.10. The topological polar surface area (TPSA) is 36.4 Å². The molecular formula is C13H20N2O. The molecule has 1 unspecified atom stereocenters. The van der Waals surface area contributed by atoms with Crippen molar-refractivity contribution in [3.8, 4) is 0 Å². The molecule has 0 spiro atoms. The number of hydrogen-bond acceptors (Lipinski definition) is 3. The molecular weight excluding hydrogens is 200 g/mol. The summed E-state index contributed by atoms with van der Waals surface area (Å²) < 4.78 is 0. The Balaban J connectivity index is 1.72. The molecule has 16 heavy (non-hydrogen) atoms. The van der Waals surface area contributed by atoms with Crippen molar-refractivity contribution in [2.24, 2.45) is 5.92 Å². The monoisotopic (exact) mass is 220 g/mol. The summed E-state index contributed by atoms with van der Waals surface area (Å²) in [6.07, 6.45) is 7.03. The van der Waals surface area contributed by atoms with Gasteiger partial charge in [-0.05, 0) is 49.4 Å². The average Bonchev–Trinajstić information content (AvgIpc) is 2.76. The van der Waals surface area contributed by atoms with Crippen molar-refractivity contribution < 1.29 is 5.11 Å². The second kappa shape index (κ2) is 5.97. The predicted octanol–water partition coefficient (Wildman–Crippen LogP) is 1.33. The fourth-order valence-electron chi connectivity index (χ4n) is 2.37. The summed E-state index contributed by atoms with van der Waals surface area (Å²) in [5, 5.41) is 8.90. The molecule has 2 rings (SSSR count). The third-order valence-electron chi connectivity index (χ3n) is 3.37. The second-order valence-electron chi connectivity index (χ2n) is 4.57. The van der Waals surface area contributed by atoms with Gasteiger partial charge in [-0.15, -0.1) is 0 Å². The molecule has 3 heteroatoms. The summed E-state index contributed by atoms with van der Waals surface area (Å²) in [6.45, 7) is 3.82. The van der Waals surface area contributed by atoms with Gasteiger partial charge in [0.25, 0.3) is 0 Å². The van der Waals surface area contributed by atoms with Gasteiger partial charge in [-0.2, -0.15) is 0 Å². The molecule has 1 aliphatic heterocycles. The van der Waals surface area contributed by atoms with Crippen LogP contribution in [-0.2, 0) is 6.42 Å². The second-order valence-corrected chi connectivity index (χ2v) is 4.57.